The average molecular weight is 550 g/mol. The molecule has 0 spiro atoms. The maximum absolute atomic E-state index is 2.43. The first-order valence-corrected chi connectivity index (χ1v) is 15.3. The zero-order valence-electron chi connectivity index (χ0n) is 22.6. The molecule has 2 aromatic heterocycles. The van der Waals surface area contributed by atoms with E-state index in [1.807, 2.05) is 11.3 Å². The molecule has 1 aliphatic carbocycles. The minimum atomic E-state index is 1.18. The zero-order chi connectivity index (χ0) is 27.4. The molecule has 0 unspecified atom stereocenters. The second-order valence-corrected chi connectivity index (χ2v) is 12.3. The summed E-state index contributed by atoms with van der Waals surface area (Å²) >= 11 is 1.90. The van der Waals surface area contributed by atoms with E-state index in [-0.39, 0.29) is 0 Å². The summed E-state index contributed by atoms with van der Waals surface area (Å²) in [6.07, 6.45) is 0. The first-order chi connectivity index (χ1) is 20.8. The van der Waals surface area contributed by atoms with Gasteiger partial charge in [-0.3, -0.25) is 0 Å². The van der Waals surface area contributed by atoms with Crippen LogP contribution in [-0.2, 0) is 0 Å². The Morgan fingerprint density at radius 1 is 0.381 bits per heavy atom. The molecule has 7 aromatic carbocycles. The lowest BCUT2D eigenvalue weighted by atomic mass is 9.94. The van der Waals surface area contributed by atoms with Crippen molar-refractivity contribution in [1.29, 1.82) is 0 Å². The van der Waals surface area contributed by atoms with Crippen LogP contribution in [0.1, 0.15) is 0 Å². The molecule has 0 fully saturated rings. The van der Waals surface area contributed by atoms with E-state index in [9.17, 15) is 0 Å². The Labute approximate surface area is 246 Å². The van der Waals surface area contributed by atoms with E-state index in [0.29, 0.717) is 0 Å². The highest BCUT2D eigenvalue weighted by atomic mass is 32.1. The van der Waals surface area contributed by atoms with E-state index in [0.717, 1.165) is 0 Å². The zero-order valence-corrected chi connectivity index (χ0v) is 23.5. The van der Waals surface area contributed by atoms with E-state index >= 15 is 0 Å². The topological polar surface area (TPSA) is 4.93 Å². The minimum Gasteiger partial charge on any atom is -0.309 e. The van der Waals surface area contributed by atoms with Gasteiger partial charge in [0.1, 0.15) is 0 Å². The lowest BCUT2D eigenvalue weighted by Crippen LogP contribution is -1.93. The molecule has 1 nitrogen and oxygen atoms in total. The molecule has 0 atom stereocenters. The summed E-state index contributed by atoms with van der Waals surface area (Å²) < 4.78 is 5.14. The Kier molecular flexibility index (Phi) is 4.39. The fraction of sp³-hybridized carbons (Fsp3) is 0. The van der Waals surface area contributed by atoms with Crippen molar-refractivity contribution in [2.45, 2.75) is 0 Å². The van der Waals surface area contributed by atoms with E-state index in [1.54, 1.807) is 0 Å². The second-order valence-electron chi connectivity index (χ2n) is 11.3. The highest BCUT2D eigenvalue weighted by molar-refractivity contribution is 7.26. The summed E-state index contributed by atoms with van der Waals surface area (Å²) in [6.45, 7) is 0. The molecule has 1 aliphatic rings. The van der Waals surface area contributed by atoms with Gasteiger partial charge in [0.05, 0.1) is 11.0 Å². The fourth-order valence-electron chi connectivity index (χ4n) is 7.36. The number of hydrogen-bond acceptors (Lipinski definition) is 1. The van der Waals surface area contributed by atoms with Gasteiger partial charge >= 0.3 is 0 Å². The van der Waals surface area contributed by atoms with Crippen molar-refractivity contribution in [2.75, 3.05) is 0 Å². The molecule has 2 heterocycles. The van der Waals surface area contributed by atoms with Crippen LogP contribution in [0.5, 0.6) is 0 Å². The Hall–Kier alpha value is -5.18. The van der Waals surface area contributed by atoms with Gasteiger partial charge in [-0.05, 0) is 74.5 Å². The van der Waals surface area contributed by atoms with Crippen LogP contribution in [0.15, 0.2) is 140 Å². The first-order valence-electron chi connectivity index (χ1n) is 14.4. The van der Waals surface area contributed by atoms with Crippen molar-refractivity contribution in [3.05, 3.63) is 140 Å². The highest BCUT2D eigenvalue weighted by Gasteiger charge is 2.22. The van der Waals surface area contributed by atoms with Gasteiger partial charge < -0.3 is 4.57 Å². The Morgan fingerprint density at radius 2 is 1.05 bits per heavy atom. The smallest absolute Gasteiger partial charge is 0.0555 e. The van der Waals surface area contributed by atoms with Gasteiger partial charge in [0, 0.05) is 36.6 Å². The Morgan fingerprint density at radius 3 is 1.90 bits per heavy atom. The number of benzene rings is 7. The Balaban J connectivity index is 1.17. The van der Waals surface area contributed by atoms with Crippen LogP contribution in [0.25, 0.3) is 91.8 Å². The molecule has 9 aromatic rings. The summed E-state index contributed by atoms with van der Waals surface area (Å²) in [5.74, 6) is 0. The molecular weight excluding hydrogens is 527 g/mol. The molecule has 0 bridgehead atoms. The third kappa shape index (κ3) is 2.87. The molecule has 0 radical (unpaired) electrons. The summed E-state index contributed by atoms with van der Waals surface area (Å²) in [5.41, 5.74) is 11.6. The van der Waals surface area contributed by atoms with E-state index < -0.39 is 0 Å². The normalized spacial score (nSPS) is 12.3. The lowest BCUT2D eigenvalue weighted by molar-refractivity contribution is 1.18. The molecule has 0 N–H and O–H groups in total. The Bertz CT molecular complexity index is 2530. The standard InChI is InChI=1S/C40H23NS/c1-2-9-28-27(8-1)31-13-7-12-30-26(20-21-32(28)38(30)31)24-16-18-25(19-17-24)41-35-14-5-3-11-34(35)39-36(41)23-22-33-29-10-4-6-15-37(29)42-40(33)39/h1-23H. The summed E-state index contributed by atoms with van der Waals surface area (Å²) in [7, 11) is 0. The third-order valence-corrected chi connectivity index (χ3v) is 10.4. The van der Waals surface area contributed by atoms with Gasteiger partial charge in [-0.15, -0.1) is 11.3 Å². The van der Waals surface area contributed by atoms with Crippen LogP contribution in [0, 0.1) is 0 Å². The van der Waals surface area contributed by atoms with Crippen molar-refractivity contribution in [3.63, 3.8) is 0 Å². The predicted octanol–water partition coefficient (Wildman–Crippen LogP) is 11.6. The quantitative estimate of drug-likeness (QED) is 0.202. The monoisotopic (exact) mass is 549 g/mol. The van der Waals surface area contributed by atoms with Crippen molar-refractivity contribution in [3.8, 4) is 39.1 Å². The van der Waals surface area contributed by atoms with Crippen molar-refractivity contribution in [2.24, 2.45) is 0 Å². The van der Waals surface area contributed by atoms with E-state index in [2.05, 4.69) is 144 Å². The van der Waals surface area contributed by atoms with Crippen LogP contribution >= 0.6 is 11.3 Å². The van der Waals surface area contributed by atoms with Crippen molar-refractivity contribution >= 4 is 64.1 Å². The minimum absolute atomic E-state index is 1.18. The van der Waals surface area contributed by atoms with Crippen LogP contribution in [-0.4, -0.2) is 4.57 Å². The molecule has 0 amide bonds. The van der Waals surface area contributed by atoms with Gasteiger partial charge in [0.15, 0.2) is 0 Å². The van der Waals surface area contributed by atoms with Gasteiger partial charge in [0.25, 0.3) is 0 Å². The summed E-state index contributed by atoms with van der Waals surface area (Å²) in [5, 5.41) is 8.03. The molecule has 2 heteroatoms. The molecule has 0 saturated heterocycles. The SMILES string of the molecule is c1ccc2c(c1)-c1cccc3c(-c4ccc(-n5c6ccccc6c6c7sc8ccccc8c7ccc65)cc4)ccc-2c13. The molecule has 42 heavy (non-hydrogen) atoms. The third-order valence-electron chi connectivity index (χ3n) is 9.16. The van der Waals surface area contributed by atoms with Crippen molar-refractivity contribution in [1.82, 2.24) is 4.57 Å². The van der Waals surface area contributed by atoms with Gasteiger partial charge in [-0.1, -0.05) is 109 Å². The number of fused-ring (bicyclic) bond motifs is 10. The summed E-state index contributed by atoms with van der Waals surface area (Å²) in [6, 6.07) is 51.5. The predicted molar refractivity (Wildman–Crippen MR) is 181 cm³/mol. The molecule has 0 saturated carbocycles. The largest absolute Gasteiger partial charge is 0.309 e. The molecule has 10 rings (SSSR count). The number of nitrogens with zero attached hydrogens (tertiary/aromatic N) is 1. The first kappa shape index (κ1) is 22.5. The fourth-order valence-corrected chi connectivity index (χ4v) is 8.62. The van der Waals surface area contributed by atoms with Crippen molar-refractivity contribution < 1.29 is 0 Å². The van der Waals surface area contributed by atoms with Crippen LogP contribution in [0.3, 0.4) is 0 Å². The number of hydrogen-bond donors (Lipinski definition) is 0. The molecular formula is C40H23NS. The number of para-hydroxylation sites is 1. The molecule has 194 valence electrons. The average Bonchev–Trinajstić information content (AvgIpc) is 3.70. The van der Waals surface area contributed by atoms with Crippen LogP contribution < -0.4 is 0 Å². The maximum atomic E-state index is 2.43. The van der Waals surface area contributed by atoms with Gasteiger partial charge in [-0.2, -0.15) is 0 Å². The van der Waals surface area contributed by atoms with Gasteiger partial charge in [-0.25, -0.2) is 0 Å². The number of rotatable bonds is 2. The number of thiophene rings is 1. The maximum Gasteiger partial charge on any atom is 0.0555 e. The van der Waals surface area contributed by atoms with E-state index in [1.165, 1.54) is 91.8 Å². The molecule has 0 aliphatic heterocycles. The second kappa shape index (κ2) is 8.19. The van der Waals surface area contributed by atoms with Crippen LogP contribution in [0.2, 0.25) is 0 Å². The van der Waals surface area contributed by atoms with E-state index in [4.69, 9.17) is 0 Å². The highest BCUT2D eigenvalue weighted by Crippen LogP contribution is 2.49. The summed E-state index contributed by atoms with van der Waals surface area (Å²) in [4.78, 5) is 0. The lowest BCUT2D eigenvalue weighted by Gasteiger charge is -2.12. The van der Waals surface area contributed by atoms with Crippen LogP contribution in [0.4, 0.5) is 0 Å². The van der Waals surface area contributed by atoms with Gasteiger partial charge in [0.2, 0.25) is 0 Å². The number of aromatic nitrogens is 1.